The predicted octanol–water partition coefficient (Wildman–Crippen LogP) is 2.91. The molecule has 2 aromatic rings. The molecule has 0 spiro atoms. The zero-order valence-corrected chi connectivity index (χ0v) is 11.4. The Hall–Kier alpha value is -1.77. The molecule has 96 valence electrons. The topological polar surface area (TPSA) is 43.8 Å². The minimum absolute atomic E-state index is 0.450. The number of hydrogen-bond acceptors (Lipinski definition) is 2. The monoisotopic (exact) mass is 243 g/mol. The molecule has 0 aliphatic heterocycles. The van der Waals surface area contributed by atoms with Gasteiger partial charge in [0.1, 0.15) is 0 Å². The summed E-state index contributed by atoms with van der Waals surface area (Å²) in [6.07, 6.45) is 1.96. The van der Waals surface area contributed by atoms with E-state index < -0.39 is 0 Å². The molecule has 0 saturated heterocycles. The quantitative estimate of drug-likeness (QED) is 0.897. The van der Waals surface area contributed by atoms with Crippen molar-refractivity contribution >= 4 is 5.95 Å². The number of benzene rings is 1. The number of aromatic nitrogens is 2. The van der Waals surface area contributed by atoms with E-state index in [0.717, 1.165) is 18.5 Å². The van der Waals surface area contributed by atoms with Crippen LogP contribution in [-0.4, -0.2) is 9.55 Å². The van der Waals surface area contributed by atoms with Crippen LogP contribution in [0.25, 0.3) is 0 Å². The smallest absolute Gasteiger partial charge is 0.200 e. The van der Waals surface area contributed by atoms with Crippen LogP contribution >= 0.6 is 0 Å². The van der Waals surface area contributed by atoms with Crippen LogP contribution in [0.3, 0.4) is 0 Å². The third kappa shape index (κ3) is 2.55. The molecule has 0 atom stereocenters. The average Bonchev–Trinajstić information content (AvgIpc) is 2.64. The van der Waals surface area contributed by atoms with Gasteiger partial charge in [-0.3, -0.25) is 0 Å². The molecular weight excluding hydrogens is 222 g/mol. The number of hydrogen-bond donors (Lipinski definition) is 1. The van der Waals surface area contributed by atoms with Gasteiger partial charge in [0.15, 0.2) is 5.95 Å². The minimum atomic E-state index is 0.450. The van der Waals surface area contributed by atoms with Gasteiger partial charge < -0.3 is 10.3 Å². The summed E-state index contributed by atoms with van der Waals surface area (Å²) in [6.45, 7) is 4.37. The number of imidazole rings is 1. The second-order valence-corrected chi connectivity index (χ2v) is 5.00. The standard InChI is InChI=1S/C15H21N3/c1-11(2)14-13(17-15(16)18(14)3)10-9-12-7-5-4-6-8-12/h4-8,11H,9-10H2,1-3H3,(H2,16,17). The lowest BCUT2D eigenvalue weighted by atomic mass is 10.0. The first kappa shape index (κ1) is 12.7. The molecule has 2 rings (SSSR count). The zero-order chi connectivity index (χ0) is 13.1. The molecule has 0 saturated carbocycles. The van der Waals surface area contributed by atoms with E-state index in [1.54, 1.807) is 0 Å². The van der Waals surface area contributed by atoms with E-state index >= 15 is 0 Å². The second kappa shape index (κ2) is 5.25. The van der Waals surface area contributed by atoms with Gasteiger partial charge in [0.25, 0.3) is 0 Å². The van der Waals surface area contributed by atoms with Crippen molar-refractivity contribution in [2.45, 2.75) is 32.6 Å². The van der Waals surface area contributed by atoms with Crippen molar-refractivity contribution in [3.05, 3.63) is 47.3 Å². The van der Waals surface area contributed by atoms with Crippen LogP contribution in [-0.2, 0) is 19.9 Å². The number of nitrogens with two attached hydrogens (primary N) is 1. The first-order valence-electron chi connectivity index (χ1n) is 6.44. The Bertz CT molecular complexity index is 512. The van der Waals surface area contributed by atoms with E-state index in [9.17, 15) is 0 Å². The van der Waals surface area contributed by atoms with E-state index in [4.69, 9.17) is 5.73 Å². The maximum atomic E-state index is 5.90. The molecule has 0 amide bonds. The van der Waals surface area contributed by atoms with Gasteiger partial charge in [-0.25, -0.2) is 4.98 Å². The first-order valence-corrected chi connectivity index (χ1v) is 6.44. The highest BCUT2D eigenvalue weighted by Crippen LogP contribution is 2.22. The summed E-state index contributed by atoms with van der Waals surface area (Å²) in [7, 11) is 1.99. The number of anilines is 1. The van der Waals surface area contributed by atoms with Gasteiger partial charge in [0.05, 0.1) is 5.69 Å². The lowest BCUT2D eigenvalue weighted by Gasteiger charge is -2.09. The minimum Gasteiger partial charge on any atom is -0.369 e. The maximum Gasteiger partial charge on any atom is 0.200 e. The number of nitrogen functional groups attached to an aromatic ring is 1. The second-order valence-electron chi connectivity index (χ2n) is 5.00. The number of nitrogens with zero attached hydrogens (tertiary/aromatic N) is 2. The Morgan fingerprint density at radius 1 is 1.17 bits per heavy atom. The van der Waals surface area contributed by atoms with Crippen LogP contribution in [0.1, 0.15) is 36.7 Å². The fraction of sp³-hybridized carbons (Fsp3) is 0.400. The van der Waals surface area contributed by atoms with Gasteiger partial charge in [-0.2, -0.15) is 0 Å². The van der Waals surface area contributed by atoms with Gasteiger partial charge >= 0.3 is 0 Å². The van der Waals surface area contributed by atoms with Crippen LogP contribution in [0.5, 0.6) is 0 Å². The molecule has 1 aromatic heterocycles. The summed E-state index contributed by atoms with van der Waals surface area (Å²) >= 11 is 0. The van der Waals surface area contributed by atoms with Crippen molar-refractivity contribution in [2.75, 3.05) is 5.73 Å². The van der Waals surface area contributed by atoms with Crippen molar-refractivity contribution in [1.82, 2.24) is 9.55 Å². The molecule has 3 heteroatoms. The molecule has 0 unspecified atom stereocenters. The third-order valence-electron chi connectivity index (χ3n) is 3.29. The van der Waals surface area contributed by atoms with Crippen LogP contribution in [0.2, 0.25) is 0 Å². The SMILES string of the molecule is CC(C)c1c(CCc2ccccc2)nc(N)n1C. The summed E-state index contributed by atoms with van der Waals surface area (Å²) in [6, 6.07) is 10.5. The molecule has 0 aliphatic rings. The van der Waals surface area contributed by atoms with Crippen molar-refractivity contribution in [3.8, 4) is 0 Å². The molecule has 3 nitrogen and oxygen atoms in total. The summed E-state index contributed by atoms with van der Waals surface area (Å²) in [4.78, 5) is 4.49. The van der Waals surface area contributed by atoms with E-state index in [2.05, 4.69) is 43.1 Å². The molecule has 1 aromatic carbocycles. The van der Waals surface area contributed by atoms with E-state index in [1.807, 2.05) is 17.7 Å². The van der Waals surface area contributed by atoms with E-state index in [1.165, 1.54) is 11.3 Å². The summed E-state index contributed by atoms with van der Waals surface area (Å²) < 4.78 is 2.00. The lowest BCUT2D eigenvalue weighted by Crippen LogP contribution is -2.04. The molecule has 0 fully saturated rings. The first-order chi connectivity index (χ1) is 8.59. The van der Waals surface area contributed by atoms with Crippen LogP contribution in [0, 0.1) is 0 Å². The van der Waals surface area contributed by atoms with Crippen LogP contribution in [0.4, 0.5) is 5.95 Å². The van der Waals surface area contributed by atoms with Crippen LogP contribution < -0.4 is 5.73 Å². The van der Waals surface area contributed by atoms with Gasteiger partial charge in [0.2, 0.25) is 0 Å². The van der Waals surface area contributed by atoms with Gasteiger partial charge in [0, 0.05) is 12.7 Å². The van der Waals surface area contributed by atoms with Gasteiger partial charge in [-0.1, -0.05) is 44.2 Å². The van der Waals surface area contributed by atoms with E-state index in [-0.39, 0.29) is 0 Å². The largest absolute Gasteiger partial charge is 0.369 e. The van der Waals surface area contributed by atoms with Crippen molar-refractivity contribution < 1.29 is 0 Å². The fourth-order valence-corrected chi connectivity index (χ4v) is 2.40. The highest BCUT2D eigenvalue weighted by Gasteiger charge is 2.15. The Kier molecular flexibility index (Phi) is 3.70. The molecule has 0 aliphatic carbocycles. The molecular formula is C15H21N3. The normalized spacial score (nSPS) is 11.1. The Balaban J connectivity index is 2.17. The zero-order valence-electron chi connectivity index (χ0n) is 11.4. The molecule has 18 heavy (non-hydrogen) atoms. The molecule has 1 heterocycles. The van der Waals surface area contributed by atoms with E-state index in [0.29, 0.717) is 11.9 Å². The predicted molar refractivity (Wildman–Crippen MR) is 75.6 cm³/mol. The van der Waals surface area contributed by atoms with Gasteiger partial charge in [-0.05, 0) is 24.3 Å². The van der Waals surface area contributed by atoms with Crippen molar-refractivity contribution in [2.24, 2.45) is 7.05 Å². The third-order valence-corrected chi connectivity index (χ3v) is 3.29. The van der Waals surface area contributed by atoms with Gasteiger partial charge in [-0.15, -0.1) is 0 Å². The maximum absolute atomic E-state index is 5.90. The highest BCUT2D eigenvalue weighted by molar-refractivity contribution is 5.31. The highest BCUT2D eigenvalue weighted by atomic mass is 15.1. The lowest BCUT2D eigenvalue weighted by molar-refractivity contribution is 0.728. The molecule has 2 N–H and O–H groups in total. The van der Waals surface area contributed by atoms with Crippen molar-refractivity contribution in [1.29, 1.82) is 0 Å². The molecule has 0 radical (unpaired) electrons. The average molecular weight is 243 g/mol. The Labute approximate surface area is 109 Å². The van der Waals surface area contributed by atoms with Crippen molar-refractivity contribution in [3.63, 3.8) is 0 Å². The Morgan fingerprint density at radius 2 is 1.83 bits per heavy atom. The number of rotatable bonds is 4. The fourth-order valence-electron chi connectivity index (χ4n) is 2.40. The Morgan fingerprint density at radius 3 is 2.44 bits per heavy atom. The molecule has 0 bridgehead atoms. The summed E-state index contributed by atoms with van der Waals surface area (Å²) in [5.41, 5.74) is 9.63. The number of aryl methyl sites for hydroxylation is 2. The van der Waals surface area contributed by atoms with Crippen LogP contribution in [0.15, 0.2) is 30.3 Å². The summed E-state index contributed by atoms with van der Waals surface area (Å²) in [5.74, 6) is 1.06. The summed E-state index contributed by atoms with van der Waals surface area (Å²) in [5, 5.41) is 0.